The highest BCUT2D eigenvalue weighted by Crippen LogP contribution is 2.35. The molecule has 0 saturated heterocycles. The van der Waals surface area contributed by atoms with Gasteiger partial charge in [-0.1, -0.05) is 15.9 Å². The van der Waals surface area contributed by atoms with Gasteiger partial charge in [0.25, 0.3) is 0 Å². The third-order valence-electron chi connectivity index (χ3n) is 3.33. The first-order chi connectivity index (χ1) is 9.08. The molecular weight excluding hydrogens is 438 g/mol. The monoisotopic (exact) mass is 445 g/mol. The number of fused-ring (bicyclic) bond motifs is 1. The van der Waals surface area contributed by atoms with Crippen molar-refractivity contribution in [2.24, 2.45) is 0 Å². The van der Waals surface area contributed by atoms with E-state index in [0.717, 1.165) is 43.2 Å². The summed E-state index contributed by atoms with van der Waals surface area (Å²) in [5.41, 5.74) is 3.02. The molecule has 0 aliphatic heterocycles. The Morgan fingerprint density at radius 2 is 1.74 bits per heavy atom. The number of carbonyl (C=O) groups is 1. The maximum absolute atomic E-state index is 11.9. The molecule has 1 aliphatic rings. The molecule has 0 bridgehead atoms. The molecule has 19 heavy (non-hydrogen) atoms. The smallest absolute Gasteiger partial charge is 0.164 e. The molecule has 5 heteroatoms. The normalized spacial score (nSPS) is 14.6. The average molecular weight is 448 g/mol. The van der Waals surface area contributed by atoms with Crippen LogP contribution >= 0.6 is 47.8 Å². The molecule has 0 radical (unpaired) electrons. The number of rotatable bonds is 1. The Morgan fingerprint density at radius 3 is 2.42 bits per heavy atom. The van der Waals surface area contributed by atoms with E-state index in [1.807, 2.05) is 24.4 Å². The van der Waals surface area contributed by atoms with Crippen LogP contribution in [0.3, 0.4) is 0 Å². The van der Waals surface area contributed by atoms with Crippen LogP contribution in [0.5, 0.6) is 0 Å². The second-order valence-electron chi connectivity index (χ2n) is 4.54. The zero-order valence-corrected chi connectivity index (χ0v) is 14.7. The van der Waals surface area contributed by atoms with Crippen LogP contribution in [-0.2, 0) is 6.42 Å². The van der Waals surface area contributed by atoms with E-state index >= 15 is 0 Å². The van der Waals surface area contributed by atoms with Crippen molar-refractivity contribution in [3.8, 4) is 5.69 Å². The topological polar surface area (TPSA) is 22.0 Å². The van der Waals surface area contributed by atoms with Crippen LogP contribution < -0.4 is 0 Å². The molecule has 1 aliphatic carbocycles. The van der Waals surface area contributed by atoms with Gasteiger partial charge in [0.05, 0.1) is 5.69 Å². The van der Waals surface area contributed by atoms with Gasteiger partial charge in [0.1, 0.15) is 0 Å². The van der Waals surface area contributed by atoms with Gasteiger partial charge in [-0.2, -0.15) is 0 Å². The van der Waals surface area contributed by atoms with Gasteiger partial charge < -0.3 is 4.57 Å². The predicted octanol–water partition coefficient (Wildman–Crippen LogP) is 5.28. The highest BCUT2D eigenvalue weighted by atomic mass is 79.9. The Kier molecular flexibility index (Phi) is 3.71. The van der Waals surface area contributed by atoms with E-state index in [1.165, 1.54) is 0 Å². The maximum Gasteiger partial charge on any atom is 0.164 e. The molecule has 1 aromatic heterocycles. The summed E-state index contributed by atoms with van der Waals surface area (Å²) < 4.78 is 5.09. The first-order valence-electron chi connectivity index (χ1n) is 5.96. The second-order valence-corrected chi connectivity index (χ2v) is 7.17. The lowest BCUT2D eigenvalue weighted by atomic mass is 9.97. The van der Waals surface area contributed by atoms with Crippen molar-refractivity contribution < 1.29 is 4.79 Å². The van der Waals surface area contributed by atoms with Gasteiger partial charge in [0.15, 0.2) is 5.78 Å². The molecule has 0 spiro atoms. The number of halogens is 3. The Hall–Kier alpha value is -0.390. The Labute approximate surface area is 136 Å². The van der Waals surface area contributed by atoms with E-state index in [1.54, 1.807) is 0 Å². The molecule has 3 rings (SSSR count). The number of hydrogen-bond donors (Lipinski definition) is 0. The van der Waals surface area contributed by atoms with Crippen molar-refractivity contribution >= 4 is 53.6 Å². The van der Waals surface area contributed by atoms with Crippen LogP contribution in [0.2, 0.25) is 0 Å². The van der Waals surface area contributed by atoms with Crippen molar-refractivity contribution in [1.29, 1.82) is 0 Å². The Bertz CT molecular complexity index is 652. The van der Waals surface area contributed by atoms with Crippen molar-refractivity contribution in [3.05, 3.63) is 49.1 Å². The number of aromatic nitrogens is 1. The van der Waals surface area contributed by atoms with Crippen molar-refractivity contribution in [2.75, 3.05) is 0 Å². The SMILES string of the molecule is O=C1CCCc2c1ccn2-c1c(Br)cc(Br)cc1Br. The fourth-order valence-corrected chi connectivity index (χ4v) is 5.14. The Morgan fingerprint density at radius 1 is 1.05 bits per heavy atom. The number of hydrogen-bond acceptors (Lipinski definition) is 1. The van der Waals surface area contributed by atoms with Gasteiger partial charge in [-0.15, -0.1) is 0 Å². The molecule has 0 N–H and O–H groups in total. The molecule has 0 atom stereocenters. The summed E-state index contributed by atoms with van der Waals surface area (Å²) in [7, 11) is 0. The zero-order valence-electron chi connectivity index (χ0n) is 9.92. The molecule has 0 amide bonds. The van der Waals surface area contributed by atoms with Crippen molar-refractivity contribution in [2.45, 2.75) is 19.3 Å². The summed E-state index contributed by atoms with van der Waals surface area (Å²) in [5, 5.41) is 0. The summed E-state index contributed by atoms with van der Waals surface area (Å²) in [5.74, 6) is 0.254. The molecule has 0 fully saturated rings. The van der Waals surface area contributed by atoms with E-state index in [-0.39, 0.29) is 5.78 Å². The first kappa shape index (κ1) is 13.6. The minimum Gasteiger partial charge on any atom is -0.318 e. The van der Waals surface area contributed by atoms with Crippen LogP contribution in [0.4, 0.5) is 0 Å². The lowest BCUT2D eigenvalue weighted by molar-refractivity contribution is 0.0972. The Balaban J connectivity index is 2.21. The van der Waals surface area contributed by atoms with Crippen molar-refractivity contribution in [1.82, 2.24) is 4.57 Å². The molecule has 2 nitrogen and oxygen atoms in total. The molecule has 1 heterocycles. The van der Waals surface area contributed by atoms with E-state index in [4.69, 9.17) is 0 Å². The van der Waals surface area contributed by atoms with Gasteiger partial charge in [0, 0.05) is 37.3 Å². The summed E-state index contributed by atoms with van der Waals surface area (Å²) in [4.78, 5) is 11.9. The van der Waals surface area contributed by atoms with Crippen molar-refractivity contribution in [3.63, 3.8) is 0 Å². The van der Waals surface area contributed by atoms with Gasteiger partial charge >= 0.3 is 0 Å². The molecular formula is C14H10Br3NO. The van der Waals surface area contributed by atoms with Crippen LogP contribution in [-0.4, -0.2) is 10.4 Å². The third-order valence-corrected chi connectivity index (χ3v) is 5.00. The molecule has 0 saturated carbocycles. The summed E-state index contributed by atoms with van der Waals surface area (Å²) in [6.07, 6.45) is 4.52. The summed E-state index contributed by atoms with van der Waals surface area (Å²) >= 11 is 10.7. The quantitative estimate of drug-likeness (QED) is 0.582. The van der Waals surface area contributed by atoms with Gasteiger partial charge in [-0.25, -0.2) is 0 Å². The van der Waals surface area contributed by atoms with Crippen LogP contribution in [0.1, 0.15) is 28.9 Å². The lowest BCUT2D eigenvalue weighted by Gasteiger charge is -2.17. The van der Waals surface area contributed by atoms with E-state index in [9.17, 15) is 4.79 Å². The predicted molar refractivity (Wildman–Crippen MR) is 86.1 cm³/mol. The molecule has 0 unspecified atom stereocenters. The van der Waals surface area contributed by atoms with Gasteiger partial charge in [-0.05, 0) is 62.9 Å². The zero-order chi connectivity index (χ0) is 13.6. The maximum atomic E-state index is 11.9. The third kappa shape index (κ3) is 2.36. The highest BCUT2D eigenvalue weighted by Gasteiger charge is 2.22. The van der Waals surface area contributed by atoms with E-state index < -0.39 is 0 Å². The van der Waals surface area contributed by atoms with Crippen LogP contribution in [0, 0.1) is 0 Å². The number of nitrogens with zero attached hydrogens (tertiary/aromatic N) is 1. The highest BCUT2D eigenvalue weighted by molar-refractivity contribution is 9.11. The lowest BCUT2D eigenvalue weighted by Crippen LogP contribution is -2.12. The van der Waals surface area contributed by atoms with Crippen LogP contribution in [0.15, 0.2) is 37.8 Å². The molecule has 1 aromatic carbocycles. The molecule has 2 aromatic rings. The fourth-order valence-electron chi connectivity index (χ4n) is 2.50. The molecule has 98 valence electrons. The minimum absolute atomic E-state index is 0.254. The van der Waals surface area contributed by atoms with E-state index in [2.05, 4.69) is 52.4 Å². The second kappa shape index (κ2) is 5.19. The first-order valence-corrected chi connectivity index (χ1v) is 8.34. The summed E-state index contributed by atoms with van der Waals surface area (Å²) in [6, 6.07) is 5.95. The van der Waals surface area contributed by atoms with Crippen LogP contribution in [0.25, 0.3) is 5.69 Å². The minimum atomic E-state index is 0.254. The number of Topliss-reactive ketones (excluding diaryl/α,β-unsaturated/α-hetero) is 1. The standard InChI is InChI=1S/C14H10Br3NO/c15-8-6-10(16)14(11(17)7-8)18-5-4-9-12(18)2-1-3-13(9)19/h4-7H,1-3H2. The number of benzene rings is 1. The number of ketones is 1. The van der Waals surface area contributed by atoms with E-state index in [0.29, 0.717) is 6.42 Å². The fraction of sp³-hybridized carbons (Fsp3) is 0.214. The van der Waals surface area contributed by atoms with Gasteiger partial charge in [-0.3, -0.25) is 4.79 Å². The summed E-state index contributed by atoms with van der Waals surface area (Å²) in [6.45, 7) is 0. The largest absolute Gasteiger partial charge is 0.318 e. The number of carbonyl (C=O) groups excluding carboxylic acids is 1. The van der Waals surface area contributed by atoms with Gasteiger partial charge in [0.2, 0.25) is 0 Å². The average Bonchev–Trinajstić information content (AvgIpc) is 2.73.